The Labute approximate surface area is 161 Å². The highest BCUT2D eigenvalue weighted by Gasteiger charge is 2.24. The minimum atomic E-state index is -0.415. The van der Waals surface area contributed by atoms with Crippen molar-refractivity contribution in [3.63, 3.8) is 0 Å². The molecule has 2 heterocycles. The molecule has 1 aliphatic rings. The van der Waals surface area contributed by atoms with Gasteiger partial charge in [-0.2, -0.15) is 0 Å². The van der Waals surface area contributed by atoms with Crippen molar-refractivity contribution >= 4 is 39.8 Å². The van der Waals surface area contributed by atoms with Gasteiger partial charge < -0.3 is 15.4 Å². The molecule has 7 heteroatoms. The van der Waals surface area contributed by atoms with Crippen molar-refractivity contribution in [3.8, 4) is 0 Å². The molecule has 1 aliphatic heterocycles. The summed E-state index contributed by atoms with van der Waals surface area (Å²) in [5.74, 6) is -0.716. The Morgan fingerprint density at radius 2 is 2.04 bits per heavy atom. The average molecular weight is 386 g/mol. The maximum atomic E-state index is 12.8. The minimum Gasteiger partial charge on any atom is -0.462 e. The Kier molecular flexibility index (Phi) is 5.60. The van der Waals surface area contributed by atoms with Gasteiger partial charge >= 0.3 is 5.97 Å². The van der Waals surface area contributed by atoms with Crippen LogP contribution in [0.2, 0.25) is 0 Å². The molecule has 1 aromatic heterocycles. The van der Waals surface area contributed by atoms with Gasteiger partial charge in [-0.05, 0) is 56.0 Å². The van der Waals surface area contributed by atoms with E-state index in [-0.39, 0.29) is 18.4 Å². The number of nitrogens with one attached hydrogen (secondary N) is 2. The Morgan fingerprint density at radius 3 is 2.74 bits per heavy atom. The summed E-state index contributed by atoms with van der Waals surface area (Å²) in [4.78, 5) is 37.6. The second kappa shape index (κ2) is 7.92. The van der Waals surface area contributed by atoms with E-state index in [9.17, 15) is 14.4 Å². The number of amides is 2. The van der Waals surface area contributed by atoms with Gasteiger partial charge in [0.15, 0.2) is 0 Å². The molecule has 0 spiro atoms. The smallest absolute Gasteiger partial charge is 0.341 e. The van der Waals surface area contributed by atoms with E-state index < -0.39 is 5.97 Å². The molecule has 1 aromatic carbocycles. The van der Waals surface area contributed by atoms with E-state index in [1.54, 1.807) is 25.1 Å². The molecule has 0 atom stereocenters. The zero-order valence-corrected chi connectivity index (χ0v) is 16.4. The molecular formula is C20H22N2O4S. The van der Waals surface area contributed by atoms with E-state index in [1.807, 2.05) is 13.8 Å². The second-order valence-corrected chi connectivity index (χ2v) is 7.51. The van der Waals surface area contributed by atoms with Crippen molar-refractivity contribution in [1.29, 1.82) is 0 Å². The van der Waals surface area contributed by atoms with Crippen LogP contribution in [0.1, 0.15) is 57.0 Å². The fourth-order valence-corrected chi connectivity index (χ4v) is 4.34. The van der Waals surface area contributed by atoms with Gasteiger partial charge in [0, 0.05) is 22.5 Å². The molecule has 3 rings (SSSR count). The van der Waals surface area contributed by atoms with Gasteiger partial charge in [-0.25, -0.2) is 4.79 Å². The third-order valence-electron chi connectivity index (χ3n) is 4.53. The van der Waals surface area contributed by atoms with Crippen LogP contribution in [0.25, 0.3) is 0 Å². The van der Waals surface area contributed by atoms with Gasteiger partial charge in [0.2, 0.25) is 5.91 Å². The molecule has 6 nitrogen and oxygen atoms in total. The number of rotatable bonds is 5. The molecular weight excluding hydrogens is 364 g/mol. The summed E-state index contributed by atoms with van der Waals surface area (Å²) in [6.45, 7) is 5.94. The van der Waals surface area contributed by atoms with Crippen molar-refractivity contribution in [2.75, 3.05) is 17.2 Å². The predicted octanol–water partition coefficient (Wildman–Crippen LogP) is 3.93. The standard InChI is InChI=1S/C20H22N2O4S/c1-4-14-11(3)27-19(17(14)20(25)26-5-2)22-18(24)13-6-8-15-12(10-13)7-9-16(23)21-15/h6,8,10H,4-5,7,9H2,1-3H3,(H,21,23)(H,22,24). The van der Waals surface area contributed by atoms with Gasteiger partial charge in [-0.15, -0.1) is 11.3 Å². The molecule has 2 N–H and O–H groups in total. The monoisotopic (exact) mass is 386 g/mol. The zero-order chi connectivity index (χ0) is 19.6. The normalized spacial score (nSPS) is 12.9. The van der Waals surface area contributed by atoms with Crippen LogP contribution in [-0.4, -0.2) is 24.4 Å². The van der Waals surface area contributed by atoms with Crippen molar-refractivity contribution in [3.05, 3.63) is 45.3 Å². The number of benzene rings is 1. The molecule has 0 aliphatic carbocycles. The molecule has 2 aromatic rings. The lowest BCUT2D eigenvalue weighted by Gasteiger charge is -2.17. The quantitative estimate of drug-likeness (QED) is 0.763. The number of anilines is 2. The number of thiophene rings is 1. The highest BCUT2D eigenvalue weighted by molar-refractivity contribution is 7.16. The number of carbonyl (C=O) groups excluding carboxylic acids is 3. The SMILES string of the molecule is CCOC(=O)c1c(NC(=O)c2ccc3c(c2)CCC(=O)N3)sc(C)c1CC. The molecule has 0 fully saturated rings. The highest BCUT2D eigenvalue weighted by atomic mass is 32.1. The van der Waals surface area contributed by atoms with Crippen LogP contribution in [0.3, 0.4) is 0 Å². The van der Waals surface area contributed by atoms with Crippen molar-refractivity contribution in [2.45, 2.75) is 40.0 Å². The zero-order valence-electron chi connectivity index (χ0n) is 15.6. The first-order valence-corrected chi connectivity index (χ1v) is 9.79. The van der Waals surface area contributed by atoms with Gasteiger partial charge in [0.05, 0.1) is 12.2 Å². The van der Waals surface area contributed by atoms with Crippen LogP contribution < -0.4 is 10.6 Å². The number of carbonyl (C=O) groups is 3. The van der Waals surface area contributed by atoms with Crippen LogP contribution in [0.5, 0.6) is 0 Å². The summed E-state index contributed by atoms with van der Waals surface area (Å²) in [5.41, 5.74) is 3.52. The first kappa shape index (κ1) is 19.1. The molecule has 0 saturated carbocycles. The topological polar surface area (TPSA) is 84.5 Å². The van der Waals surface area contributed by atoms with Crippen LogP contribution in [-0.2, 0) is 22.4 Å². The summed E-state index contributed by atoms with van der Waals surface area (Å²) < 4.78 is 5.17. The van der Waals surface area contributed by atoms with E-state index in [0.717, 1.165) is 21.7 Å². The lowest BCUT2D eigenvalue weighted by Crippen LogP contribution is -2.20. The molecule has 0 saturated heterocycles. The lowest BCUT2D eigenvalue weighted by atomic mass is 10.00. The number of esters is 1. The first-order valence-electron chi connectivity index (χ1n) is 8.98. The number of hydrogen-bond acceptors (Lipinski definition) is 5. The number of ether oxygens (including phenoxy) is 1. The molecule has 0 unspecified atom stereocenters. The lowest BCUT2D eigenvalue weighted by molar-refractivity contribution is -0.116. The number of fused-ring (bicyclic) bond motifs is 1. The summed E-state index contributed by atoms with van der Waals surface area (Å²) in [7, 11) is 0. The third-order valence-corrected chi connectivity index (χ3v) is 5.59. The Morgan fingerprint density at radius 1 is 1.26 bits per heavy atom. The second-order valence-electron chi connectivity index (χ2n) is 6.29. The summed E-state index contributed by atoms with van der Waals surface area (Å²) in [6.07, 6.45) is 1.70. The van der Waals surface area contributed by atoms with Crippen LogP contribution in [0.4, 0.5) is 10.7 Å². The van der Waals surface area contributed by atoms with Crippen LogP contribution >= 0.6 is 11.3 Å². The summed E-state index contributed by atoms with van der Waals surface area (Å²) in [6, 6.07) is 5.20. The fraction of sp³-hybridized carbons (Fsp3) is 0.350. The Bertz CT molecular complexity index is 917. The molecule has 0 bridgehead atoms. The van der Waals surface area contributed by atoms with Crippen LogP contribution in [0.15, 0.2) is 18.2 Å². The van der Waals surface area contributed by atoms with Gasteiger partial charge in [0.25, 0.3) is 5.91 Å². The molecule has 2 amide bonds. The van der Waals surface area contributed by atoms with Crippen LogP contribution in [0, 0.1) is 6.92 Å². The summed E-state index contributed by atoms with van der Waals surface area (Å²) >= 11 is 1.38. The Hall–Kier alpha value is -2.67. The van der Waals surface area contributed by atoms with Gasteiger partial charge in [-0.1, -0.05) is 6.92 Å². The Balaban J connectivity index is 1.88. The van der Waals surface area contributed by atoms with Crippen molar-refractivity contribution < 1.29 is 19.1 Å². The summed E-state index contributed by atoms with van der Waals surface area (Å²) in [5, 5.41) is 6.18. The van der Waals surface area contributed by atoms with Gasteiger partial charge in [0.1, 0.15) is 5.00 Å². The first-order chi connectivity index (χ1) is 12.9. The molecule has 27 heavy (non-hydrogen) atoms. The van der Waals surface area contributed by atoms with Crippen molar-refractivity contribution in [2.24, 2.45) is 0 Å². The maximum absolute atomic E-state index is 12.8. The van der Waals surface area contributed by atoms with E-state index in [1.165, 1.54) is 11.3 Å². The maximum Gasteiger partial charge on any atom is 0.341 e. The highest BCUT2D eigenvalue weighted by Crippen LogP contribution is 2.34. The fourth-order valence-electron chi connectivity index (χ4n) is 3.21. The largest absolute Gasteiger partial charge is 0.462 e. The average Bonchev–Trinajstić information content (AvgIpc) is 2.96. The third kappa shape index (κ3) is 3.88. The van der Waals surface area contributed by atoms with E-state index in [2.05, 4.69) is 10.6 Å². The van der Waals surface area contributed by atoms with Gasteiger partial charge in [-0.3, -0.25) is 9.59 Å². The predicted molar refractivity (Wildman–Crippen MR) is 106 cm³/mol. The molecule has 0 radical (unpaired) electrons. The number of aryl methyl sites for hydroxylation is 2. The number of hydrogen-bond donors (Lipinski definition) is 2. The van der Waals surface area contributed by atoms with Crippen molar-refractivity contribution in [1.82, 2.24) is 0 Å². The molecule has 142 valence electrons. The van der Waals surface area contributed by atoms with E-state index >= 15 is 0 Å². The van der Waals surface area contributed by atoms with E-state index in [0.29, 0.717) is 35.4 Å². The van der Waals surface area contributed by atoms with E-state index in [4.69, 9.17) is 4.74 Å². The minimum absolute atomic E-state index is 0.0139.